The van der Waals surface area contributed by atoms with E-state index in [4.69, 9.17) is 9.47 Å². The van der Waals surface area contributed by atoms with Gasteiger partial charge in [-0.3, -0.25) is 4.98 Å². The fraction of sp³-hybridized carbons (Fsp3) is 0.643. The molecule has 1 N–H and O–H groups in total. The summed E-state index contributed by atoms with van der Waals surface area (Å²) in [6.45, 7) is 2.47. The summed E-state index contributed by atoms with van der Waals surface area (Å²) in [7, 11) is 0. The molecule has 0 bridgehead atoms. The number of hydrogen-bond donors (Lipinski definition) is 1. The molecular formula is C14H20N2O2. The van der Waals surface area contributed by atoms with E-state index in [1.54, 1.807) is 0 Å². The maximum atomic E-state index is 5.97. The summed E-state index contributed by atoms with van der Waals surface area (Å²) < 4.78 is 11.3. The molecule has 2 heterocycles. The smallest absolute Gasteiger partial charge is 0.123 e. The van der Waals surface area contributed by atoms with E-state index >= 15 is 0 Å². The Morgan fingerprint density at radius 3 is 2.89 bits per heavy atom. The second-order valence-electron chi connectivity index (χ2n) is 5.07. The van der Waals surface area contributed by atoms with Crippen LogP contribution in [0.1, 0.15) is 31.4 Å². The number of pyridine rings is 1. The van der Waals surface area contributed by atoms with Gasteiger partial charge in [0.1, 0.15) is 11.9 Å². The minimum atomic E-state index is 0.297. The average Bonchev–Trinajstić information content (AvgIpc) is 3.22. The molecule has 1 aromatic heterocycles. The van der Waals surface area contributed by atoms with Crippen LogP contribution in [-0.2, 0) is 11.3 Å². The summed E-state index contributed by atoms with van der Waals surface area (Å²) in [4.78, 5) is 4.37. The third-order valence-corrected chi connectivity index (χ3v) is 3.41. The number of aromatic nitrogens is 1. The molecule has 2 fully saturated rings. The van der Waals surface area contributed by atoms with Gasteiger partial charge in [-0.2, -0.15) is 0 Å². The standard InChI is InChI=1S/C14H20N2O2/c1-2-11(1)16-10-12-9-14(3-6-15-12)18-13-4-7-17-8-5-13/h3,6,9,11,13,16H,1-2,4-5,7-8,10H2. The van der Waals surface area contributed by atoms with Crippen LogP contribution in [-0.4, -0.2) is 30.3 Å². The SMILES string of the molecule is c1cc(OC2CCOCC2)cc(CNC2CC2)n1. The van der Waals surface area contributed by atoms with Crippen LogP contribution >= 0.6 is 0 Å². The maximum Gasteiger partial charge on any atom is 0.123 e. The van der Waals surface area contributed by atoms with E-state index in [-0.39, 0.29) is 0 Å². The monoisotopic (exact) mass is 248 g/mol. The molecule has 0 spiro atoms. The Morgan fingerprint density at radius 1 is 1.28 bits per heavy atom. The zero-order valence-electron chi connectivity index (χ0n) is 10.6. The van der Waals surface area contributed by atoms with Gasteiger partial charge in [-0.05, 0) is 18.9 Å². The fourth-order valence-corrected chi connectivity index (χ4v) is 2.15. The van der Waals surface area contributed by atoms with Crippen LogP contribution in [0.5, 0.6) is 5.75 Å². The second-order valence-corrected chi connectivity index (χ2v) is 5.07. The molecule has 0 aromatic carbocycles. The Kier molecular flexibility index (Phi) is 3.76. The molecule has 1 saturated heterocycles. The van der Waals surface area contributed by atoms with Gasteiger partial charge in [-0.15, -0.1) is 0 Å². The number of nitrogens with zero attached hydrogens (tertiary/aromatic N) is 1. The van der Waals surface area contributed by atoms with E-state index in [9.17, 15) is 0 Å². The molecule has 1 aliphatic heterocycles. The highest BCUT2D eigenvalue weighted by Crippen LogP contribution is 2.21. The summed E-state index contributed by atoms with van der Waals surface area (Å²) in [5, 5.41) is 3.47. The molecule has 0 unspecified atom stereocenters. The lowest BCUT2D eigenvalue weighted by Gasteiger charge is -2.23. The van der Waals surface area contributed by atoms with E-state index in [0.717, 1.165) is 44.0 Å². The molecule has 4 nitrogen and oxygen atoms in total. The van der Waals surface area contributed by atoms with Gasteiger partial charge in [0.05, 0.1) is 18.9 Å². The van der Waals surface area contributed by atoms with Gasteiger partial charge >= 0.3 is 0 Å². The first kappa shape index (κ1) is 11.9. The van der Waals surface area contributed by atoms with Crippen LogP contribution in [0.3, 0.4) is 0 Å². The van der Waals surface area contributed by atoms with Crippen LogP contribution in [0.2, 0.25) is 0 Å². The molecule has 98 valence electrons. The van der Waals surface area contributed by atoms with Crippen molar-refractivity contribution in [3.63, 3.8) is 0 Å². The van der Waals surface area contributed by atoms with E-state index in [1.807, 2.05) is 18.3 Å². The van der Waals surface area contributed by atoms with Crippen LogP contribution in [0, 0.1) is 0 Å². The minimum absolute atomic E-state index is 0.297. The van der Waals surface area contributed by atoms with Gasteiger partial charge in [-0.25, -0.2) is 0 Å². The van der Waals surface area contributed by atoms with Crippen molar-refractivity contribution < 1.29 is 9.47 Å². The summed E-state index contributed by atoms with van der Waals surface area (Å²) in [6.07, 6.45) is 6.70. The Labute approximate surface area is 108 Å². The number of hydrogen-bond acceptors (Lipinski definition) is 4. The predicted molar refractivity (Wildman–Crippen MR) is 68.6 cm³/mol. The summed E-state index contributed by atoms with van der Waals surface area (Å²) in [5.41, 5.74) is 1.06. The quantitative estimate of drug-likeness (QED) is 0.864. The second kappa shape index (κ2) is 5.67. The zero-order chi connectivity index (χ0) is 12.2. The first-order chi connectivity index (χ1) is 8.90. The molecule has 0 amide bonds. The molecular weight excluding hydrogens is 228 g/mol. The van der Waals surface area contributed by atoms with Crippen molar-refractivity contribution in [1.29, 1.82) is 0 Å². The van der Waals surface area contributed by atoms with Crippen LogP contribution in [0.4, 0.5) is 0 Å². The van der Waals surface area contributed by atoms with Gasteiger partial charge in [0.25, 0.3) is 0 Å². The van der Waals surface area contributed by atoms with E-state index in [0.29, 0.717) is 12.1 Å². The van der Waals surface area contributed by atoms with Crippen molar-refractivity contribution in [1.82, 2.24) is 10.3 Å². The Balaban J connectivity index is 1.55. The van der Waals surface area contributed by atoms with E-state index in [1.165, 1.54) is 12.8 Å². The molecule has 1 aliphatic carbocycles. The van der Waals surface area contributed by atoms with Gasteiger partial charge in [0, 0.05) is 37.7 Å². The number of nitrogens with one attached hydrogen (secondary N) is 1. The summed E-state index contributed by atoms with van der Waals surface area (Å²) >= 11 is 0. The van der Waals surface area contributed by atoms with Gasteiger partial charge in [-0.1, -0.05) is 0 Å². The van der Waals surface area contributed by atoms with Crippen molar-refractivity contribution in [2.75, 3.05) is 13.2 Å². The normalized spacial score (nSPS) is 20.9. The molecule has 1 saturated carbocycles. The highest BCUT2D eigenvalue weighted by molar-refractivity contribution is 5.23. The van der Waals surface area contributed by atoms with E-state index < -0.39 is 0 Å². The van der Waals surface area contributed by atoms with Gasteiger partial charge < -0.3 is 14.8 Å². The Bertz CT molecular complexity index is 387. The molecule has 4 heteroatoms. The highest BCUT2D eigenvalue weighted by atomic mass is 16.5. The van der Waals surface area contributed by atoms with Crippen molar-refractivity contribution in [3.8, 4) is 5.75 Å². The van der Waals surface area contributed by atoms with Crippen LogP contribution in [0.15, 0.2) is 18.3 Å². The predicted octanol–water partition coefficient (Wildman–Crippen LogP) is 1.89. The minimum Gasteiger partial charge on any atom is -0.490 e. The van der Waals surface area contributed by atoms with Gasteiger partial charge in [0.15, 0.2) is 0 Å². The zero-order valence-corrected chi connectivity index (χ0v) is 10.6. The topological polar surface area (TPSA) is 43.4 Å². The lowest BCUT2D eigenvalue weighted by Crippen LogP contribution is -2.26. The molecule has 3 rings (SSSR count). The van der Waals surface area contributed by atoms with Crippen molar-refractivity contribution in [2.24, 2.45) is 0 Å². The third kappa shape index (κ3) is 3.43. The van der Waals surface area contributed by atoms with Crippen molar-refractivity contribution in [2.45, 2.75) is 44.4 Å². The highest BCUT2D eigenvalue weighted by Gasteiger charge is 2.20. The fourth-order valence-electron chi connectivity index (χ4n) is 2.15. The first-order valence-corrected chi connectivity index (χ1v) is 6.83. The largest absolute Gasteiger partial charge is 0.490 e. The summed E-state index contributed by atoms with van der Waals surface area (Å²) in [5.74, 6) is 0.935. The summed E-state index contributed by atoms with van der Waals surface area (Å²) in [6, 6.07) is 4.70. The van der Waals surface area contributed by atoms with Crippen molar-refractivity contribution in [3.05, 3.63) is 24.0 Å². The van der Waals surface area contributed by atoms with Crippen LogP contribution < -0.4 is 10.1 Å². The molecule has 1 aromatic rings. The van der Waals surface area contributed by atoms with Crippen molar-refractivity contribution >= 4 is 0 Å². The molecule has 0 atom stereocenters. The lowest BCUT2D eigenvalue weighted by atomic mass is 10.1. The third-order valence-electron chi connectivity index (χ3n) is 3.41. The number of rotatable bonds is 5. The van der Waals surface area contributed by atoms with E-state index in [2.05, 4.69) is 10.3 Å². The molecule has 2 aliphatic rings. The average molecular weight is 248 g/mol. The molecule has 0 radical (unpaired) electrons. The first-order valence-electron chi connectivity index (χ1n) is 6.83. The number of ether oxygens (including phenoxy) is 2. The Morgan fingerprint density at radius 2 is 2.11 bits per heavy atom. The lowest BCUT2D eigenvalue weighted by molar-refractivity contribution is 0.0255. The van der Waals surface area contributed by atoms with Gasteiger partial charge in [0.2, 0.25) is 0 Å². The maximum absolute atomic E-state index is 5.97. The van der Waals surface area contributed by atoms with Crippen LogP contribution in [0.25, 0.3) is 0 Å². The molecule has 18 heavy (non-hydrogen) atoms. The Hall–Kier alpha value is -1.13.